The molecule has 0 heterocycles. The van der Waals surface area contributed by atoms with Gasteiger partial charge in [-0.2, -0.15) is 0 Å². The second kappa shape index (κ2) is 3.28. The van der Waals surface area contributed by atoms with Gasteiger partial charge in [-0.05, 0) is 38.8 Å². The monoisotopic (exact) mass is 226 g/mol. The van der Waals surface area contributed by atoms with E-state index in [4.69, 9.17) is 0 Å². The van der Waals surface area contributed by atoms with Gasteiger partial charge in [0.2, 0.25) is 0 Å². The molecule has 0 spiro atoms. The van der Waals surface area contributed by atoms with Crippen molar-refractivity contribution >= 4 is 0 Å². The average Bonchev–Trinajstić information content (AvgIpc) is 2.26. The van der Waals surface area contributed by atoms with Crippen molar-refractivity contribution in [2.45, 2.75) is 51.9 Å². The molecule has 1 aromatic rings. The summed E-state index contributed by atoms with van der Waals surface area (Å²) in [5, 5.41) is 0. The molecular formula is C14H20F2. The first-order valence-electron chi connectivity index (χ1n) is 5.21. The van der Waals surface area contributed by atoms with Crippen LogP contribution in [0.15, 0.2) is 24.3 Å². The van der Waals surface area contributed by atoms with E-state index in [-0.39, 0.29) is 7.43 Å². The molecule has 0 radical (unpaired) electrons. The zero-order valence-electron chi connectivity index (χ0n) is 9.57. The molecule has 90 valence electrons. The highest BCUT2D eigenvalue weighted by atomic mass is 19.3. The van der Waals surface area contributed by atoms with Crippen LogP contribution in [0.5, 0.6) is 0 Å². The second-order valence-electron chi connectivity index (χ2n) is 5.37. The Morgan fingerprint density at radius 2 is 1.12 bits per heavy atom. The largest absolute Gasteiger partial charge is 0.266 e. The van der Waals surface area contributed by atoms with Crippen LogP contribution in [0.1, 0.15) is 46.2 Å². The zero-order valence-corrected chi connectivity index (χ0v) is 9.57. The number of benzene rings is 1. The Labute approximate surface area is 96.7 Å². The summed E-state index contributed by atoms with van der Waals surface area (Å²) in [6, 6.07) is 7.30. The minimum absolute atomic E-state index is 0. The van der Waals surface area contributed by atoms with Gasteiger partial charge in [0.15, 0.2) is 0 Å². The topological polar surface area (TPSA) is 0 Å². The Balaban J connectivity index is 0.00000128. The fraction of sp³-hybridized carbons (Fsp3) is 0.571. The van der Waals surface area contributed by atoms with Gasteiger partial charge < -0.3 is 0 Å². The van der Waals surface area contributed by atoms with Crippen molar-refractivity contribution in [2.24, 2.45) is 0 Å². The molecule has 0 fully saturated rings. The summed E-state index contributed by atoms with van der Waals surface area (Å²) < 4.78 is 28.6. The summed E-state index contributed by atoms with van der Waals surface area (Å²) in [5.41, 5.74) is -0.597. The van der Waals surface area contributed by atoms with Gasteiger partial charge in [0.1, 0.15) is 0 Å². The number of rotatable bonds is 0. The summed E-state index contributed by atoms with van der Waals surface area (Å²) >= 11 is 0. The lowest BCUT2D eigenvalue weighted by atomic mass is 9.77. The van der Waals surface area contributed by atoms with Gasteiger partial charge in [-0.15, -0.1) is 0 Å². The number of hydrogen-bond donors (Lipinski definition) is 0. The van der Waals surface area contributed by atoms with E-state index in [1.165, 1.54) is 0 Å². The van der Waals surface area contributed by atoms with Crippen LogP contribution in [0.25, 0.3) is 0 Å². The summed E-state index contributed by atoms with van der Waals surface area (Å²) in [4.78, 5) is 0. The molecule has 0 amide bonds. The van der Waals surface area contributed by atoms with E-state index >= 15 is 0 Å². The molecule has 2 heteroatoms. The van der Waals surface area contributed by atoms with Gasteiger partial charge in [-0.25, -0.2) is 8.78 Å². The number of alkyl halides is 2. The van der Waals surface area contributed by atoms with E-state index < -0.39 is 16.8 Å². The van der Waals surface area contributed by atoms with E-state index in [9.17, 15) is 8.78 Å². The molecule has 0 unspecified atom stereocenters. The quantitative estimate of drug-likeness (QED) is 0.610. The van der Waals surface area contributed by atoms with Crippen LogP contribution in [0, 0.1) is 0 Å². The first-order chi connectivity index (χ1) is 6.73. The highest BCUT2D eigenvalue weighted by Gasteiger charge is 2.64. The lowest BCUT2D eigenvalue weighted by Crippen LogP contribution is -2.46. The van der Waals surface area contributed by atoms with Crippen molar-refractivity contribution in [1.29, 1.82) is 0 Å². The molecule has 1 aliphatic carbocycles. The number of hydrogen-bond acceptors (Lipinski definition) is 0. The van der Waals surface area contributed by atoms with Crippen LogP contribution in [-0.4, -0.2) is 5.92 Å². The van der Waals surface area contributed by atoms with Crippen molar-refractivity contribution in [2.75, 3.05) is 0 Å². The van der Waals surface area contributed by atoms with Crippen LogP contribution < -0.4 is 0 Å². The average molecular weight is 226 g/mol. The van der Waals surface area contributed by atoms with Crippen molar-refractivity contribution in [3.8, 4) is 0 Å². The molecule has 2 rings (SSSR count). The molecule has 0 N–H and O–H groups in total. The molecule has 0 nitrogen and oxygen atoms in total. The van der Waals surface area contributed by atoms with Gasteiger partial charge in [-0.1, -0.05) is 31.7 Å². The van der Waals surface area contributed by atoms with E-state index in [1.807, 2.05) is 24.3 Å². The Bertz CT molecular complexity index is 366. The molecule has 0 atom stereocenters. The first kappa shape index (κ1) is 13.1. The summed E-state index contributed by atoms with van der Waals surface area (Å²) in [5.74, 6) is -2.70. The molecular weight excluding hydrogens is 206 g/mol. The lowest BCUT2D eigenvalue weighted by molar-refractivity contribution is -0.105. The first-order valence-corrected chi connectivity index (χ1v) is 5.21. The highest BCUT2D eigenvalue weighted by Crippen LogP contribution is 2.59. The van der Waals surface area contributed by atoms with Gasteiger partial charge in [0.25, 0.3) is 5.92 Å². The maximum Gasteiger partial charge on any atom is 0.266 e. The molecule has 0 saturated carbocycles. The summed E-state index contributed by atoms with van der Waals surface area (Å²) in [7, 11) is 0. The third kappa shape index (κ3) is 1.19. The van der Waals surface area contributed by atoms with Crippen molar-refractivity contribution in [3.05, 3.63) is 35.4 Å². The van der Waals surface area contributed by atoms with Crippen LogP contribution >= 0.6 is 0 Å². The molecule has 0 aromatic heterocycles. The predicted octanol–water partition coefficient (Wildman–Crippen LogP) is 4.53. The molecule has 1 aromatic carbocycles. The highest BCUT2D eigenvalue weighted by molar-refractivity contribution is 5.48. The Morgan fingerprint density at radius 1 is 0.812 bits per heavy atom. The molecule has 16 heavy (non-hydrogen) atoms. The van der Waals surface area contributed by atoms with Crippen molar-refractivity contribution < 1.29 is 8.78 Å². The van der Waals surface area contributed by atoms with Gasteiger partial charge in [0, 0.05) is 0 Å². The van der Waals surface area contributed by atoms with Crippen molar-refractivity contribution in [1.82, 2.24) is 0 Å². The molecule has 0 saturated heterocycles. The lowest BCUT2D eigenvalue weighted by Gasteiger charge is -2.35. The Morgan fingerprint density at radius 3 is 1.44 bits per heavy atom. The Kier molecular flexibility index (Phi) is 2.70. The fourth-order valence-corrected chi connectivity index (χ4v) is 2.69. The van der Waals surface area contributed by atoms with Crippen LogP contribution in [0.2, 0.25) is 0 Å². The van der Waals surface area contributed by atoms with E-state index in [0.717, 1.165) is 11.1 Å². The number of halogens is 2. The smallest absolute Gasteiger partial charge is 0.205 e. The molecule has 0 bridgehead atoms. The van der Waals surface area contributed by atoms with Crippen LogP contribution in [0.3, 0.4) is 0 Å². The maximum atomic E-state index is 14.3. The van der Waals surface area contributed by atoms with Gasteiger partial charge >= 0.3 is 0 Å². The van der Waals surface area contributed by atoms with Gasteiger partial charge in [-0.3, -0.25) is 0 Å². The summed E-state index contributed by atoms with van der Waals surface area (Å²) in [6.45, 7) is 6.50. The second-order valence-corrected chi connectivity index (χ2v) is 5.37. The van der Waals surface area contributed by atoms with E-state index in [2.05, 4.69) is 0 Å². The zero-order chi connectivity index (χ0) is 11.5. The normalized spacial score (nSPS) is 23.4. The molecule has 1 aliphatic rings. The molecule has 0 aliphatic heterocycles. The van der Waals surface area contributed by atoms with Crippen LogP contribution in [0.4, 0.5) is 8.78 Å². The SMILES string of the molecule is C.CC1(C)c2ccccc2C(C)(C)C1(F)F. The van der Waals surface area contributed by atoms with E-state index in [0.29, 0.717) is 0 Å². The third-order valence-corrected chi connectivity index (χ3v) is 3.84. The standard InChI is InChI=1S/C13H16F2.CH4/c1-11(2)9-7-5-6-8-10(9)12(3,4)13(11,14)15;/h5-8H,1-4H3;1H4. The fourth-order valence-electron chi connectivity index (χ4n) is 2.69. The maximum absolute atomic E-state index is 14.3. The Hall–Kier alpha value is -0.920. The van der Waals surface area contributed by atoms with Crippen molar-refractivity contribution in [3.63, 3.8) is 0 Å². The summed E-state index contributed by atoms with van der Waals surface area (Å²) in [6.07, 6.45) is 0. The van der Waals surface area contributed by atoms with E-state index in [1.54, 1.807) is 27.7 Å². The minimum atomic E-state index is -2.70. The minimum Gasteiger partial charge on any atom is -0.205 e. The predicted molar refractivity (Wildman–Crippen MR) is 64.2 cm³/mol. The van der Waals surface area contributed by atoms with Gasteiger partial charge in [0.05, 0.1) is 10.8 Å². The number of fused-ring (bicyclic) bond motifs is 1. The van der Waals surface area contributed by atoms with Crippen LogP contribution in [-0.2, 0) is 10.8 Å². The third-order valence-electron chi connectivity index (χ3n) is 3.84.